The molecule has 136 valence electrons. The number of carbonyl (C=O) groups excluding carboxylic acids is 2. The number of aryl methyl sites for hydroxylation is 2. The van der Waals surface area contributed by atoms with Gasteiger partial charge in [-0.2, -0.15) is 0 Å². The summed E-state index contributed by atoms with van der Waals surface area (Å²) in [6.07, 6.45) is 1.25. The largest absolute Gasteiger partial charge is 0.497 e. The Morgan fingerprint density at radius 3 is 2.46 bits per heavy atom. The fourth-order valence-corrected chi connectivity index (χ4v) is 3.24. The summed E-state index contributed by atoms with van der Waals surface area (Å²) in [7, 11) is 1.63. The van der Waals surface area contributed by atoms with E-state index in [1.807, 2.05) is 55.5 Å². The van der Waals surface area contributed by atoms with Crippen molar-refractivity contribution in [2.24, 2.45) is 0 Å². The molecule has 1 heterocycles. The molecule has 3 amide bonds. The number of imide groups is 1. The highest BCUT2D eigenvalue weighted by Gasteiger charge is 2.47. The van der Waals surface area contributed by atoms with Gasteiger partial charge in [0.15, 0.2) is 0 Å². The second-order valence-electron chi connectivity index (χ2n) is 6.99. The predicted octanol–water partition coefficient (Wildman–Crippen LogP) is 3.45. The van der Waals surface area contributed by atoms with Crippen molar-refractivity contribution >= 4 is 11.9 Å². The van der Waals surface area contributed by atoms with Gasteiger partial charge in [-0.15, -0.1) is 0 Å². The summed E-state index contributed by atoms with van der Waals surface area (Å²) in [4.78, 5) is 26.5. The molecule has 5 nitrogen and oxygen atoms in total. The van der Waals surface area contributed by atoms with Crippen LogP contribution in [-0.4, -0.2) is 29.5 Å². The third-order valence-corrected chi connectivity index (χ3v) is 4.84. The molecule has 1 saturated heterocycles. The molecule has 5 heteroatoms. The van der Waals surface area contributed by atoms with Gasteiger partial charge in [-0.1, -0.05) is 42.0 Å². The maximum atomic E-state index is 12.9. The fourth-order valence-electron chi connectivity index (χ4n) is 3.24. The molecule has 2 aromatic rings. The molecule has 0 saturated carbocycles. The first-order valence-electron chi connectivity index (χ1n) is 8.74. The number of urea groups is 1. The Morgan fingerprint density at radius 1 is 1.08 bits per heavy atom. The van der Waals surface area contributed by atoms with Crippen molar-refractivity contribution in [3.8, 4) is 5.75 Å². The minimum Gasteiger partial charge on any atom is -0.497 e. The van der Waals surface area contributed by atoms with Crippen molar-refractivity contribution in [2.75, 3.05) is 7.11 Å². The summed E-state index contributed by atoms with van der Waals surface area (Å²) in [5, 5.41) is 2.87. The summed E-state index contributed by atoms with van der Waals surface area (Å²) in [6.45, 7) is 4.09. The number of benzene rings is 2. The van der Waals surface area contributed by atoms with Gasteiger partial charge >= 0.3 is 6.03 Å². The zero-order chi connectivity index (χ0) is 18.7. The lowest BCUT2D eigenvalue weighted by molar-refractivity contribution is -0.131. The Balaban J connectivity index is 1.67. The lowest BCUT2D eigenvalue weighted by Gasteiger charge is -2.22. The highest BCUT2D eigenvalue weighted by molar-refractivity contribution is 6.06. The van der Waals surface area contributed by atoms with Crippen LogP contribution in [0, 0.1) is 6.92 Å². The van der Waals surface area contributed by atoms with Crippen LogP contribution < -0.4 is 10.1 Å². The van der Waals surface area contributed by atoms with Crippen LogP contribution in [0.4, 0.5) is 4.79 Å². The van der Waals surface area contributed by atoms with Crippen molar-refractivity contribution in [1.29, 1.82) is 0 Å². The molecule has 1 aliphatic rings. The van der Waals surface area contributed by atoms with E-state index in [1.165, 1.54) is 4.90 Å². The average molecular weight is 352 g/mol. The van der Waals surface area contributed by atoms with Crippen LogP contribution in [0.2, 0.25) is 0 Å². The molecule has 1 N–H and O–H groups in total. The maximum absolute atomic E-state index is 12.9. The Kier molecular flexibility index (Phi) is 4.98. The van der Waals surface area contributed by atoms with Crippen molar-refractivity contribution in [3.05, 3.63) is 65.2 Å². The first-order valence-corrected chi connectivity index (χ1v) is 8.74. The topological polar surface area (TPSA) is 58.6 Å². The average Bonchev–Trinajstić information content (AvgIpc) is 2.84. The SMILES string of the molecule is COc1ccc(CC[C@]2(C)NC(=O)N(Cc3cccc(C)c3)C2=O)cc1. The number of amides is 3. The molecule has 0 unspecified atom stereocenters. The molecule has 1 fully saturated rings. The lowest BCUT2D eigenvalue weighted by atomic mass is 9.93. The molecule has 0 aliphatic carbocycles. The summed E-state index contributed by atoms with van der Waals surface area (Å²) in [5.74, 6) is 0.632. The fraction of sp³-hybridized carbons (Fsp3) is 0.333. The van der Waals surface area contributed by atoms with E-state index in [1.54, 1.807) is 14.0 Å². The van der Waals surface area contributed by atoms with Gasteiger partial charge in [0.2, 0.25) is 0 Å². The first kappa shape index (κ1) is 18.0. The lowest BCUT2D eigenvalue weighted by Crippen LogP contribution is -2.44. The van der Waals surface area contributed by atoms with E-state index in [0.717, 1.165) is 22.4 Å². The maximum Gasteiger partial charge on any atom is 0.325 e. The summed E-state index contributed by atoms with van der Waals surface area (Å²) < 4.78 is 5.16. The number of carbonyl (C=O) groups is 2. The number of ether oxygens (including phenoxy) is 1. The predicted molar refractivity (Wildman–Crippen MR) is 100.0 cm³/mol. The second kappa shape index (κ2) is 7.20. The normalized spacial score (nSPS) is 19.6. The highest BCUT2D eigenvalue weighted by atomic mass is 16.5. The Hall–Kier alpha value is -2.82. The molecule has 0 bridgehead atoms. The van der Waals surface area contributed by atoms with Crippen molar-refractivity contribution in [1.82, 2.24) is 10.2 Å². The first-order chi connectivity index (χ1) is 12.4. The van der Waals surface area contributed by atoms with Gasteiger partial charge in [0.05, 0.1) is 13.7 Å². The van der Waals surface area contributed by atoms with Crippen LogP contribution in [0.25, 0.3) is 0 Å². The molecular formula is C21H24N2O3. The van der Waals surface area contributed by atoms with E-state index in [-0.39, 0.29) is 11.9 Å². The summed E-state index contributed by atoms with van der Waals surface area (Å²) in [6, 6.07) is 15.3. The third-order valence-electron chi connectivity index (χ3n) is 4.84. The third kappa shape index (κ3) is 3.72. The molecule has 0 spiro atoms. The number of nitrogens with one attached hydrogen (secondary N) is 1. The minimum atomic E-state index is -0.874. The number of nitrogens with zero attached hydrogens (tertiary/aromatic N) is 1. The Morgan fingerprint density at radius 2 is 1.81 bits per heavy atom. The number of methoxy groups -OCH3 is 1. The molecular weight excluding hydrogens is 328 g/mol. The number of hydrogen-bond acceptors (Lipinski definition) is 3. The number of hydrogen-bond donors (Lipinski definition) is 1. The van der Waals surface area contributed by atoms with E-state index < -0.39 is 5.54 Å². The van der Waals surface area contributed by atoms with E-state index in [4.69, 9.17) is 4.74 Å². The number of rotatable bonds is 6. The van der Waals surface area contributed by atoms with Gasteiger partial charge < -0.3 is 10.1 Å². The monoisotopic (exact) mass is 352 g/mol. The van der Waals surface area contributed by atoms with E-state index in [2.05, 4.69) is 5.32 Å². The van der Waals surface area contributed by atoms with Crippen molar-refractivity contribution in [2.45, 2.75) is 38.8 Å². The minimum absolute atomic E-state index is 0.169. The van der Waals surface area contributed by atoms with E-state index in [9.17, 15) is 9.59 Å². The van der Waals surface area contributed by atoms with Gasteiger partial charge in [-0.05, 0) is 49.9 Å². The van der Waals surface area contributed by atoms with Crippen LogP contribution in [0.1, 0.15) is 30.0 Å². The molecule has 2 aromatic carbocycles. The van der Waals surface area contributed by atoms with Gasteiger partial charge in [0.1, 0.15) is 11.3 Å². The zero-order valence-corrected chi connectivity index (χ0v) is 15.4. The van der Waals surface area contributed by atoms with Gasteiger partial charge in [-0.3, -0.25) is 9.69 Å². The van der Waals surface area contributed by atoms with Crippen LogP contribution in [0.15, 0.2) is 48.5 Å². The summed E-state index contributed by atoms with van der Waals surface area (Å²) in [5.41, 5.74) is 2.29. The Labute approximate surface area is 154 Å². The molecule has 26 heavy (non-hydrogen) atoms. The van der Waals surface area contributed by atoms with Crippen LogP contribution in [-0.2, 0) is 17.8 Å². The molecule has 0 radical (unpaired) electrons. The van der Waals surface area contributed by atoms with E-state index >= 15 is 0 Å². The molecule has 0 aromatic heterocycles. The van der Waals surface area contributed by atoms with Crippen LogP contribution in [0.3, 0.4) is 0 Å². The molecule has 1 aliphatic heterocycles. The highest BCUT2D eigenvalue weighted by Crippen LogP contribution is 2.25. The van der Waals surface area contributed by atoms with Gasteiger partial charge in [0, 0.05) is 0 Å². The second-order valence-corrected chi connectivity index (χ2v) is 6.99. The van der Waals surface area contributed by atoms with Gasteiger partial charge in [-0.25, -0.2) is 4.79 Å². The quantitative estimate of drug-likeness (QED) is 0.810. The van der Waals surface area contributed by atoms with Crippen molar-refractivity contribution in [3.63, 3.8) is 0 Å². The Bertz CT molecular complexity index is 816. The summed E-state index contributed by atoms with van der Waals surface area (Å²) >= 11 is 0. The zero-order valence-electron chi connectivity index (χ0n) is 15.4. The van der Waals surface area contributed by atoms with Crippen LogP contribution >= 0.6 is 0 Å². The van der Waals surface area contributed by atoms with Crippen LogP contribution in [0.5, 0.6) is 5.75 Å². The smallest absolute Gasteiger partial charge is 0.325 e. The van der Waals surface area contributed by atoms with E-state index in [0.29, 0.717) is 19.4 Å². The standard InChI is InChI=1S/C21H24N2O3/c1-15-5-4-6-17(13-15)14-23-19(24)21(2,22-20(23)25)12-11-16-7-9-18(26-3)10-8-16/h4-10,13H,11-12,14H2,1-3H3,(H,22,25)/t21-/m0/s1. The molecule has 1 atom stereocenters. The molecule has 3 rings (SSSR count). The van der Waals surface area contributed by atoms with Gasteiger partial charge in [0.25, 0.3) is 5.91 Å². The van der Waals surface area contributed by atoms with Crippen molar-refractivity contribution < 1.29 is 14.3 Å².